The molecule has 164 valence electrons. The molecule has 0 radical (unpaired) electrons. The SMILES string of the molecule is COC[C@@H](NC(N)=O)c1ccc(F)cc1.COC[C@H](NC(N)=O)c1ccc(F)cc1. The van der Waals surface area contributed by atoms with Gasteiger partial charge in [0.1, 0.15) is 11.6 Å². The minimum absolute atomic E-state index is 0.286. The van der Waals surface area contributed by atoms with Crippen LogP contribution in [-0.4, -0.2) is 39.5 Å². The Hall–Kier alpha value is -3.24. The second-order valence-electron chi connectivity index (χ2n) is 6.14. The number of hydrogen-bond donors (Lipinski definition) is 4. The molecule has 0 saturated carbocycles. The molecule has 0 spiro atoms. The van der Waals surface area contributed by atoms with E-state index in [0.29, 0.717) is 0 Å². The number of amides is 4. The first-order valence-electron chi connectivity index (χ1n) is 8.87. The number of carbonyl (C=O) groups excluding carboxylic acids is 2. The van der Waals surface area contributed by atoms with Crippen molar-refractivity contribution in [2.24, 2.45) is 11.5 Å². The summed E-state index contributed by atoms with van der Waals surface area (Å²) in [6, 6.07) is 9.61. The molecule has 2 aromatic rings. The maximum absolute atomic E-state index is 12.7. The molecule has 0 aliphatic carbocycles. The highest BCUT2D eigenvalue weighted by Gasteiger charge is 2.13. The molecule has 10 heteroatoms. The van der Waals surface area contributed by atoms with Crippen molar-refractivity contribution in [2.75, 3.05) is 27.4 Å². The minimum atomic E-state index is -0.638. The zero-order valence-corrected chi connectivity index (χ0v) is 16.7. The van der Waals surface area contributed by atoms with E-state index in [0.717, 1.165) is 11.1 Å². The van der Waals surface area contributed by atoms with E-state index in [9.17, 15) is 18.4 Å². The number of ether oxygens (including phenoxy) is 2. The molecule has 2 atom stereocenters. The first kappa shape index (κ1) is 24.8. The topological polar surface area (TPSA) is 129 Å². The number of primary amides is 2. The molecule has 0 fully saturated rings. The van der Waals surface area contributed by atoms with Gasteiger partial charge in [-0.3, -0.25) is 0 Å². The van der Waals surface area contributed by atoms with E-state index in [1.54, 1.807) is 24.3 Å². The average molecular weight is 424 g/mol. The molecule has 0 saturated heterocycles. The van der Waals surface area contributed by atoms with E-state index in [4.69, 9.17) is 20.9 Å². The van der Waals surface area contributed by atoms with Gasteiger partial charge in [-0.05, 0) is 35.4 Å². The van der Waals surface area contributed by atoms with Crippen molar-refractivity contribution in [2.45, 2.75) is 12.1 Å². The molecule has 0 bridgehead atoms. The third-order valence-electron chi connectivity index (χ3n) is 3.84. The molecule has 0 aromatic heterocycles. The van der Waals surface area contributed by atoms with Crippen LogP contribution in [-0.2, 0) is 9.47 Å². The second-order valence-corrected chi connectivity index (χ2v) is 6.14. The van der Waals surface area contributed by atoms with Crippen molar-refractivity contribution in [1.29, 1.82) is 0 Å². The molecule has 6 N–H and O–H groups in total. The number of carbonyl (C=O) groups is 2. The summed E-state index contributed by atoms with van der Waals surface area (Å²) in [5.74, 6) is -0.650. The Balaban J connectivity index is 0.000000300. The summed E-state index contributed by atoms with van der Waals surface area (Å²) < 4.78 is 35.2. The van der Waals surface area contributed by atoms with Gasteiger partial charge in [0.05, 0.1) is 25.3 Å². The molecular formula is C20H26F2N4O4. The monoisotopic (exact) mass is 424 g/mol. The maximum Gasteiger partial charge on any atom is 0.312 e. The van der Waals surface area contributed by atoms with Crippen LogP contribution in [0, 0.1) is 11.6 Å². The van der Waals surface area contributed by atoms with Gasteiger partial charge in [-0.1, -0.05) is 24.3 Å². The standard InChI is InChI=1S/2C10H13FN2O2/c2*1-15-6-9(13-10(12)14)7-2-4-8(11)5-3-7/h2*2-5,9H,6H2,1H3,(H3,12,13,14)/t2*9-/m10/s1. The smallest absolute Gasteiger partial charge is 0.312 e. The third kappa shape index (κ3) is 9.30. The summed E-state index contributed by atoms with van der Waals surface area (Å²) in [7, 11) is 3.03. The average Bonchev–Trinajstić information content (AvgIpc) is 2.68. The number of nitrogens with one attached hydrogen (secondary N) is 2. The van der Waals surface area contributed by atoms with Gasteiger partial charge in [0.15, 0.2) is 0 Å². The van der Waals surface area contributed by atoms with Crippen LogP contribution in [0.5, 0.6) is 0 Å². The number of urea groups is 2. The molecule has 0 unspecified atom stereocenters. The van der Waals surface area contributed by atoms with Crippen LogP contribution in [0.2, 0.25) is 0 Å². The normalized spacial score (nSPS) is 12.1. The number of halogens is 2. The molecule has 2 rings (SSSR count). The molecule has 30 heavy (non-hydrogen) atoms. The quantitative estimate of drug-likeness (QED) is 0.518. The lowest BCUT2D eigenvalue weighted by Gasteiger charge is -2.16. The van der Waals surface area contributed by atoms with Crippen LogP contribution < -0.4 is 22.1 Å². The van der Waals surface area contributed by atoms with Gasteiger partial charge in [-0.2, -0.15) is 0 Å². The van der Waals surface area contributed by atoms with Crippen LogP contribution >= 0.6 is 0 Å². The van der Waals surface area contributed by atoms with Crippen LogP contribution in [0.25, 0.3) is 0 Å². The summed E-state index contributed by atoms with van der Waals surface area (Å²) in [5, 5.41) is 5.02. The Labute approximate surface area is 173 Å². The highest BCUT2D eigenvalue weighted by Crippen LogP contribution is 2.14. The van der Waals surface area contributed by atoms with Crippen molar-refractivity contribution in [3.63, 3.8) is 0 Å². The Morgan fingerprint density at radius 1 is 0.767 bits per heavy atom. The largest absolute Gasteiger partial charge is 0.382 e. The predicted molar refractivity (Wildman–Crippen MR) is 107 cm³/mol. The highest BCUT2D eigenvalue weighted by molar-refractivity contribution is 5.72. The van der Waals surface area contributed by atoms with E-state index in [1.807, 2.05) is 0 Å². The van der Waals surface area contributed by atoms with Gasteiger partial charge in [0.2, 0.25) is 0 Å². The molecule has 0 heterocycles. The fourth-order valence-corrected chi connectivity index (χ4v) is 2.51. The molecule has 0 aliphatic rings. The van der Waals surface area contributed by atoms with Gasteiger partial charge in [-0.25, -0.2) is 18.4 Å². The van der Waals surface area contributed by atoms with Crippen LogP contribution in [0.4, 0.5) is 18.4 Å². The lowest BCUT2D eigenvalue weighted by atomic mass is 10.1. The first-order chi connectivity index (χ1) is 14.3. The first-order valence-corrected chi connectivity index (χ1v) is 8.87. The number of rotatable bonds is 8. The maximum atomic E-state index is 12.7. The molecule has 4 amide bonds. The van der Waals surface area contributed by atoms with Crippen molar-refractivity contribution >= 4 is 12.1 Å². The second kappa shape index (κ2) is 13.1. The third-order valence-corrected chi connectivity index (χ3v) is 3.84. The Kier molecular flexibility index (Phi) is 10.8. The van der Waals surface area contributed by atoms with E-state index in [2.05, 4.69) is 10.6 Å². The molecular weight excluding hydrogens is 398 g/mol. The Morgan fingerprint density at radius 3 is 1.30 bits per heavy atom. The van der Waals surface area contributed by atoms with E-state index in [-0.39, 0.29) is 36.9 Å². The number of hydrogen-bond acceptors (Lipinski definition) is 4. The van der Waals surface area contributed by atoms with E-state index in [1.165, 1.54) is 38.5 Å². The van der Waals surface area contributed by atoms with Crippen LogP contribution in [0.3, 0.4) is 0 Å². The van der Waals surface area contributed by atoms with Gasteiger partial charge in [-0.15, -0.1) is 0 Å². The molecule has 0 aliphatic heterocycles. The lowest BCUT2D eigenvalue weighted by molar-refractivity contribution is 0.167. The predicted octanol–water partition coefficient (Wildman–Crippen LogP) is 2.36. The van der Waals surface area contributed by atoms with Gasteiger partial charge >= 0.3 is 12.1 Å². The number of nitrogens with two attached hydrogens (primary N) is 2. The van der Waals surface area contributed by atoms with Crippen molar-refractivity contribution in [3.8, 4) is 0 Å². The van der Waals surface area contributed by atoms with Crippen molar-refractivity contribution in [3.05, 3.63) is 71.3 Å². The summed E-state index contributed by atoms with van der Waals surface area (Å²) in [6.07, 6.45) is 0. The molecule has 8 nitrogen and oxygen atoms in total. The fourth-order valence-electron chi connectivity index (χ4n) is 2.51. The van der Waals surface area contributed by atoms with E-state index >= 15 is 0 Å². The van der Waals surface area contributed by atoms with Crippen molar-refractivity contribution < 1.29 is 27.8 Å². The van der Waals surface area contributed by atoms with E-state index < -0.39 is 12.1 Å². The van der Waals surface area contributed by atoms with Gasteiger partial charge in [0, 0.05) is 14.2 Å². The highest BCUT2D eigenvalue weighted by atomic mass is 19.1. The zero-order valence-electron chi connectivity index (χ0n) is 16.7. The number of benzene rings is 2. The Bertz CT molecular complexity index is 721. The van der Waals surface area contributed by atoms with Crippen LogP contribution in [0.15, 0.2) is 48.5 Å². The summed E-state index contributed by atoms with van der Waals surface area (Å²) in [4.78, 5) is 21.4. The zero-order chi connectivity index (χ0) is 22.5. The number of methoxy groups -OCH3 is 2. The summed E-state index contributed by atoms with van der Waals surface area (Å²) in [6.45, 7) is 0.573. The van der Waals surface area contributed by atoms with Gasteiger partial charge in [0.25, 0.3) is 0 Å². The van der Waals surface area contributed by atoms with Gasteiger partial charge < -0.3 is 31.6 Å². The molecule has 2 aromatic carbocycles. The van der Waals surface area contributed by atoms with Crippen molar-refractivity contribution in [1.82, 2.24) is 10.6 Å². The van der Waals surface area contributed by atoms with Crippen LogP contribution in [0.1, 0.15) is 23.2 Å². The fraction of sp³-hybridized carbons (Fsp3) is 0.300. The summed E-state index contributed by atoms with van der Waals surface area (Å²) >= 11 is 0. The Morgan fingerprint density at radius 2 is 1.07 bits per heavy atom. The lowest BCUT2D eigenvalue weighted by Crippen LogP contribution is -2.35. The summed E-state index contributed by atoms with van der Waals surface area (Å²) in [5.41, 5.74) is 11.5. The minimum Gasteiger partial charge on any atom is -0.382 e.